The van der Waals surface area contributed by atoms with E-state index in [4.69, 9.17) is 4.99 Å². The predicted molar refractivity (Wildman–Crippen MR) is 109 cm³/mol. The van der Waals surface area contributed by atoms with Gasteiger partial charge in [0.2, 0.25) is 0 Å². The van der Waals surface area contributed by atoms with E-state index in [1.54, 1.807) is 0 Å². The highest BCUT2D eigenvalue weighted by Crippen LogP contribution is 2.23. The van der Waals surface area contributed by atoms with Gasteiger partial charge < -0.3 is 20.6 Å². The van der Waals surface area contributed by atoms with E-state index in [0.717, 1.165) is 44.9 Å². The molecule has 5 nitrogen and oxygen atoms in total. The summed E-state index contributed by atoms with van der Waals surface area (Å²) in [4.78, 5) is 7.12. The molecule has 0 aromatic heterocycles. The van der Waals surface area contributed by atoms with Gasteiger partial charge in [-0.2, -0.15) is 0 Å². The highest BCUT2D eigenvalue weighted by atomic mass is 16.3. The lowest BCUT2D eigenvalue weighted by Crippen LogP contribution is -2.49. The van der Waals surface area contributed by atoms with Crippen LogP contribution in [0.25, 0.3) is 0 Å². The van der Waals surface area contributed by atoms with E-state index in [-0.39, 0.29) is 17.7 Å². The summed E-state index contributed by atoms with van der Waals surface area (Å²) in [5.41, 5.74) is 1.27. The van der Waals surface area contributed by atoms with E-state index >= 15 is 0 Å². The predicted octanol–water partition coefficient (Wildman–Crippen LogP) is 2.93. The van der Waals surface area contributed by atoms with Gasteiger partial charge in [-0.05, 0) is 38.7 Å². The Balaban J connectivity index is 2.11. The Hall–Kier alpha value is -1.59. The third-order valence-corrected chi connectivity index (χ3v) is 5.51. The number of rotatable bonds is 8. The first kappa shape index (κ1) is 20.7. The van der Waals surface area contributed by atoms with Crippen LogP contribution in [0.5, 0.6) is 0 Å². The first-order valence-electron chi connectivity index (χ1n) is 10.1. The SMILES string of the molecule is CCNC(=NCC(CC)(CC)NC(C)c1ccccc1)N1CC[C@@H](O)C1. The normalized spacial score (nSPS) is 19.7. The van der Waals surface area contributed by atoms with Gasteiger partial charge in [0.15, 0.2) is 5.96 Å². The molecule has 0 saturated carbocycles. The molecule has 5 heteroatoms. The number of nitrogens with zero attached hydrogens (tertiary/aromatic N) is 2. The van der Waals surface area contributed by atoms with Crippen molar-refractivity contribution in [3.63, 3.8) is 0 Å². The molecule has 26 heavy (non-hydrogen) atoms. The summed E-state index contributed by atoms with van der Waals surface area (Å²) in [6, 6.07) is 10.9. The third-order valence-electron chi connectivity index (χ3n) is 5.51. The number of benzene rings is 1. The van der Waals surface area contributed by atoms with Gasteiger partial charge >= 0.3 is 0 Å². The van der Waals surface area contributed by atoms with Crippen molar-refractivity contribution in [3.8, 4) is 0 Å². The molecule has 1 aliphatic rings. The molecule has 1 unspecified atom stereocenters. The Kier molecular flexibility index (Phi) is 7.91. The van der Waals surface area contributed by atoms with Crippen molar-refractivity contribution in [2.45, 2.75) is 64.6 Å². The van der Waals surface area contributed by atoms with Crippen LogP contribution in [0.1, 0.15) is 58.6 Å². The molecule has 1 heterocycles. The first-order valence-corrected chi connectivity index (χ1v) is 10.1. The van der Waals surface area contributed by atoms with E-state index < -0.39 is 0 Å². The topological polar surface area (TPSA) is 59.9 Å². The smallest absolute Gasteiger partial charge is 0.194 e. The van der Waals surface area contributed by atoms with E-state index in [2.05, 4.69) is 73.6 Å². The number of likely N-dealkylation sites (tertiary alicyclic amines) is 1. The van der Waals surface area contributed by atoms with Crippen molar-refractivity contribution < 1.29 is 5.11 Å². The molecular formula is C21H36N4O. The molecule has 2 rings (SSSR count). The van der Waals surface area contributed by atoms with Gasteiger partial charge in [-0.1, -0.05) is 44.2 Å². The van der Waals surface area contributed by atoms with Crippen LogP contribution in [0.4, 0.5) is 0 Å². The molecular weight excluding hydrogens is 324 g/mol. The fourth-order valence-corrected chi connectivity index (χ4v) is 3.59. The van der Waals surface area contributed by atoms with Crippen molar-refractivity contribution >= 4 is 5.96 Å². The molecule has 0 bridgehead atoms. The van der Waals surface area contributed by atoms with Gasteiger partial charge in [-0.25, -0.2) is 0 Å². The molecule has 1 aromatic carbocycles. The molecule has 0 amide bonds. The number of aliphatic hydroxyl groups is 1. The number of hydrogen-bond donors (Lipinski definition) is 3. The number of aliphatic imine (C=N–C) groups is 1. The van der Waals surface area contributed by atoms with Crippen LogP contribution in [0.15, 0.2) is 35.3 Å². The van der Waals surface area contributed by atoms with Crippen molar-refractivity contribution in [2.75, 3.05) is 26.2 Å². The van der Waals surface area contributed by atoms with Crippen molar-refractivity contribution in [3.05, 3.63) is 35.9 Å². The molecule has 0 spiro atoms. The van der Waals surface area contributed by atoms with Gasteiger partial charge in [-0.3, -0.25) is 4.99 Å². The van der Waals surface area contributed by atoms with Crippen LogP contribution >= 0.6 is 0 Å². The van der Waals surface area contributed by atoms with E-state index in [1.165, 1.54) is 5.56 Å². The third kappa shape index (κ3) is 5.45. The lowest BCUT2D eigenvalue weighted by atomic mass is 9.90. The minimum absolute atomic E-state index is 0.0335. The molecule has 2 atom stereocenters. The van der Waals surface area contributed by atoms with Gasteiger partial charge in [0.05, 0.1) is 12.6 Å². The number of β-amino-alcohol motifs (C(OH)–C–C–N with tert-alkyl or cyclic N) is 1. The number of aliphatic hydroxyl groups excluding tert-OH is 1. The lowest BCUT2D eigenvalue weighted by Gasteiger charge is -2.35. The van der Waals surface area contributed by atoms with Gasteiger partial charge in [-0.15, -0.1) is 0 Å². The molecule has 0 aliphatic carbocycles. The summed E-state index contributed by atoms with van der Waals surface area (Å²) in [6.07, 6.45) is 2.62. The zero-order valence-electron chi connectivity index (χ0n) is 16.8. The monoisotopic (exact) mass is 360 g/mol. The largest absolute Gasteiger partial charge is 0.391 e. The van der Waals surface area contributed by atoms with Crippen LogP contribution in [0.3, 0.4) is 0 Å². The zero-order valence-corrected chi connectivity index (χ0v) is 16.8. The zero-order chi connectivity index (χ0) is 19.0. The summed E-state index contributed by atoms with van der Waals surface area (Å²) >= 11 is 0. The second-order valence-corrected chi connectivity index (χ2v) is 7.32. The fraction of sp³-hybridized carbons (Fsp3) is 0.667. The standard InChI is InChI=1S/C21H36N4O/c1-5-21(6-2,24-17(4)18-11-9-8-10-12-18)16-23-20(22-7-3)25-14-13-19(26)15-25/h8-12,17,19,24,26H,5-7,13-16H2,1-4H3,(H,22,23)/t17?,19-/m1/s1. The average molecular weight is 361 g/mol. The van der Waals surface area contributed by atoms with Crippen LogP contribution in [-0.2, 0) is 0 Å². The summed E-state index contributed by atoms with van der Waals surface area (Å²) in [5, 5.41) is 17.1. The summed E-state index contributed by atoms with van der Waals surface area (Å²) in [7, 11) is 0. The Morgan fingerprint density at radius 3 is 2.50 bits per heavy atom. The van der Waals surface area contributed by atoms with Gasteiger partial charge in [0, 0.05) is 31.2 Å². The summed E-state index contributed by atoms with van der Waals surface area (Å²) in [6.45, 7) is 11.9. The maximum absolute atomic E-state index is 9.85. The molecule has 0 radical (unpaired) electrons. The summed E-state index contributed by atoms with van der Waals surface area (Å²) < 4.78 is 0. The van der Waals surface area contributed by atoms with Crippen LogP contribution in [0, 0.1) is 0 Å². The number of nitrogens with one attached hydrogen (secondary N) is 2. The van der Waals surface area contributed by atoms with Gasteiger partial charge in [0.1, 0.15) is 0 Å². The van der Waals surface area contributed by atoms with E-state index in [0.29, 0.717) is 6.54 Å². The number of hydrogen-bond acceptors (Lipinski definition) is 3. The van der Waals surface area contributed by atoms with Crippen LogP contribution in [-0.4, -0.2) is 53.8 Å². The van der Waals surface area contributed by atoms with E-state index in [9.17, 15) is 5.11 Å². The first-order chi connectivity index (χ1) is 12.5. The quantitative estimate of drug-likeness (QED) is 0.493. The second-order valence-electron chi connectivity index (χ2n) is 7.32. The van der Waals surface area contributed by atoms with Crippen molar-refractivity contribution in [1.82, 2.24) is 15.5 Å². The minimum Gasteiger partial charge on any atom is -0.391 e. The fourth-order valence-electron chi connectivity index (χ4n) is 3.59. The molecule has 1 aromatic rings. The molecule has 1 aliphatic heterocycles. The lowest BCUT2D eigenvalue weighted by molar-refractivity contribution is 0.187. The van der Waals surface area contributed by atoms with Gasteiger partial charge in [0.25, 0.3) is 0 Å². The van der Waals surface area contributed by atoms with Crippen molar-refractivity contribution in [1.29, 1.82) is 0 Å². The molecule has 3 N–H and O–H groups in total. The Morgan fingerprint density at radius 2 is 1.96 bits per heavy atom. The van der Waals surface area contributed by atoms with Crippen LogP contribution < -0.4 is 10.6 Å². The number of guanidine groups is 1. The van der Waals surface area contributed by atoms with Crippen molar-refractivity contribution in [2.24, 2.45) is 4.99 Å². The minimum atomic E-state index is -0.239. The van der Waals surface area contributed by atoms with Crippen LogP contribution in [0.2, 0.25) is 0 Å². The Bertz CT molecular complexity index is 556. The highest BCUT2D eigenvalue weighted by molar-refractivity contribution is 5.80. The second kappa shape index (κ2) is 9.93. The average Bonchev–Trinajstić information content (AvgIpc) is 3.10. The Morgan fingerprint density at radius 1 is 1.27 bits per heavy atom. The highest BCUT2D eigenvalue weighted by Gasteiger charge is 2.29. The Labute approximate surface area is 158 Å². The molecule has 146 valence electrons. The molecule has 1 saturated heterocycles. The maximum atomic E-state index is 9.85. The summed E-state index contributed by atoms with van der Waals surface area (Å²) in [5.74, 6) is 0.921. The maximum Gasteiger partial charge on any atom is 0.194 e. The van der Waals surface area contributed by atoms with E-state index in [1.807, 2.05) is 0 Å². The molecule has 1 fully saturated rings.